The Bertz CT molecular complexity index is 893. The Labute approximate surface area is 143 Å². The van der Waals surface area contributed by atoms with Crippen LogP contribution in [0.2, 0.25) is 0 Å². The van der Waals surface area contributed by atoms with Crippen LogP contribution in [0, 0.1) is 13.8 Å². The molecule has 0 saturated carbocycles. The number of hydrogen-bond donors (Lipinski definition) is 0. The molecule has 3 aromatic heterocycles. The SMILES string of the molecule is Cc1scc(C(=O)N2CCN(c3ccc4nncn4n3)CC2)c1C. The lowest BCUT2D eigenvalue weighted by atomic mass is 10.1. The predicted octanol–water partition coefficient (Wildman–Crippen LogP) is 1.77. The van der Waals surface area contributed by atoms with Gasteiger partial charge in [-0.25, -0.2) is 0 Å². The molecule has 3 aromatic rings. The Hall–Kier alpha value is -2.48. The van der Waals surface area contributed by atoms with Gasteiger partial charge in [0.2, 0.25) is 0 Å². The smallest absolute Gasteiger partial charge is 0.255 e. The molecule has 1 saturated heterocycles. The molecule has 4 heterocycles. The number of carbonyl (C=O) groups is 1. The van der Waals surface area contributed by atoms with E-state index in [4.69, 9.17) is 0 Å². The number of aromatic nitrogens is 4. The number of carbonyl (C=O) groups excluding carboxylic acids is 1. The third-order valence-corrected chi connectivity index (χ3v) is 5.57. The van der Waals surface area contributed by atoms with E-state index in [9.17, 15) is 4.79 Å². The highest BCUT2D eigenvalue weighted by Crippen LogP contribution is 2.23. The maximum absolute atomic E-state index is 12.7. The summed E-state index contributed by atoms with van der Waals surface area (Å²) < 4.78 is 1.67. The molecule has 0 aromatic carbocycles. The standard InChI is InChI=1S/C16H18N6OS/c1-11-12(2)24-9-13(11)16(23)21-7-5-20(6-8-21)15-4-3-14-18-17-10-22(14)19-15/h3-4,9-10H,5-8H2,1-2H3. The van der Waals surface area contributed by atoms with Crippen LogP contribution in [-0.4, -0.2) is 56.8 Å². The number of aryl methyl sites for hydroxylation is 1. The summed E-state index contributed by atoms with van der Waals surface area (Å²) in [5.41, 5.74) is 2.68. The highest BCUT2D eigenvalue weighted by Gasteiger charge is 2.25. The van der Waals surface area contributed by atoms with Crippen LogP contribution < -0.4 is 4.90 Å². The molecule has 4 rings (SSSR count). The van der Waals surface area contributed by atoms with Gasteiger partial charge in [0.15, 0.2) is 5.65 Å². The highest BCUT2D eigenvalue weighted by molar-refractivity contribution is 7.10. The topological polar surface area (TPSA) is 66.6 Å². The van der Waals surface area contributed by atoms with Crippen molar-refractivity contribution < 1.29 is 4.79 Å². The molecule has 0 aliphatic carbocycles. The first kappa shape index (κ1) is 15.1. The van der Waals surface area contributed by atoms with Crippen LogP contribution in [0.4, 0.5) is 5.82 Å². The summed E-state index contributed by atoms with van der Waals surface area (Å²) >= 11 is 1.64. The molecule has 0 atom stereocenters. The van der Waals surface area contributed by atoms with Crippen LogP contribution in [-0.2, 0) is 0 Å². The van der Waals surface area contributed by atoms with Gasteiger partial charge < -0.3 is 9.80 Å². The van der Waals surface area contributed by atoms with Crippen molar-refractivity contribution in [1.82, 2.24) is 24.7 Å². The average Bonchev–Trinajstić information content (AvgIpc) is 3.21. The quantitative estimate of drug-likeness (QED) is 0.710. The predicted molar refractivity (Wildman–Crippen MR) is 92.7 cm³/mol. The normalized spacial score (nSPS) is 15.2. The summed E-state index contributed by atoms with van der Waals surface area (Å²) in [6, 6.07) is 3.86. The number of piperazine rings is 1. The van der Waals surface area contributed by atoms with E-state index in [2.05, 4.69) is 27.1 Å². The van der Waals surface area contributed by atoms with Crippen molar-refractivity contribution in [3.8, 4) is 0 Å². The number of fused-ring (bicyclic) bond motifs is 1. The minimum Gasteiger partial charge on any atom is -0.352 e. The fourth-order valence-electron chi connectivity index (χ4n) is 2.92. The number of nitrogens with zero attached hydrogens (tertiary/aromatic N) is 6. The van der Waals surface area contributed by atoms with Crippen LogP contribution in [0.1, 0.15) is 20.8 Å². The summed E-state index contributed by atoms with van der Waals surface area (Å²) in [7, 11) is 0. The minimum absolute atomic E-state index is 0.138. The summed E-state index contributed by atoms with van der Waals surface area (Å²) in [6.45, 7) is 7.03. The first-order chi connectivity index (χ1) is 11.6. The second kappa shape index (κ2) is 5.86. The zero-order chi connectivity index (χ0) is 16.7. The molecular formula is C16H18N6OS. The van der Waals surface area contributed by atoms with E-state index in [1.54, 1.807) is 22.2 Å². The molecule has 1 fully saturated rings. The van der Waals surface area contributed by atoms with Crippen molar-refractivity contribution >= 4 is 28.7 Å². The lowest BCUT2D eigenvalue weighted by Gasteiger charge is -2.35. The van der Waals surface area contributed by atoms with Gasteiger partial charge in [-0.3, -0.25) is 4.79 Å². The lowest BCUT2D eigenvalue weighted by molar-refractivity contribution is 0.0746. The van der Waals surface area contributed by atoms with Gasteiger partial charge in [0, 0.05) is 36.4 Å². The third kappa shape index (κ3) is 2.52. The lowest BCUT2D eigenvalue weighted by Crippen LogP contribution is -2.49. The highest BCUT2D eigenvalue weighted by atomic mass is 32.1. The van der Waals surface area contributed by atoms with Crippen LogP contribution >= 0.6 is 11.3 Å². The van der Waals surface area contributed by atoms with Gasteiger partial charge in [0.25, 0.3) is 5.91 Å². The number of anilines is 1. The second-order valence-corrected chi connectivity index (χ2v) is 7.02. The molecule has 8 heteroatoms. The van der Waals surface area contributed by atoms with Crippen LogP contribution in [0.5, 0.6) is 0 Å². The van der Waals surface area contributed by atoms with Crippen LogP contribution in [0.25, 0.3) is 5.65 Å². The number of thiophene rings is 1. The van der Waals surface area contributed by atoms with E-state index >= 15 is 0 Å². The Morgan fingerprint density at radius 2 is 1.96 bits per heavy atom. The maximum atomic E-state index is 12.7. The van der Waals surface area contributed by atoms with Crippen molar-refractivity contribution in [1.29, 1.82) is 0 Å². The molecule has 1 amide bonds. The third-order valence-electron chi connectivity index (χ3n) is 4.55. The molecule has 0 spiro atoms. The molecule has 1 aliphatic rings. The van der Waals surface area contributed by atoms with E-state index in [0.717, 1.165) is 35.7 Å². The van der Waals surface area contributed by atoms with Gasteiger partial charge in [-0.05, 0) is 31.5 Å². The van der Waals surface area contributed by atoms with Crippen molar-refractivity contribution in [3.63, 3.8) is 0 Å². The Morgan fingerprint density at radius 3 is 2.67 bits per heavy atom. The van der Waals surface area contributed by atoms with Crippen molar-refractivity contribution in [2.75, 3.05) is 31.1 Å². The Kier molecular flexibility index (Phi) is 3.68. The zero-order valence-corrected chi connectivity index (χ0v) is 14.5. The van der Waals surface area contributed by atoms with Gasteiger partial charge >= 0.3 is 0 Å². The summed E-state index contributed by atoms with van der Waals surface area (Å²) in [5, 5.41) is 14.3. The first-order valence-corrected chi connectivity index (χ1v) is 8.77. The fraction of sp³-hybridized carbons (Fsp3) is 0.375. The molecule has 24 heavy (non-hydrogen) atoms. The van der Waals surface area contributed by atoms with Gasteiger partial charge in [0.1, 0.15) is 12.1 Å². The first-order valence-electron chi connectivity index (χ1n) is 7.89. The molecule has 0 radical (unpaired) electrons. The molecule has 0 N–H and O–H groups in total. The van der Waals surface area contributed by atoms with Crippen LogP contribution in [0.3, 0.4) is 0 Å². The summed E-state index contributed by atoms with van der Waals surface area (Å²) in [5.74, 6) is 1.02. The molecular weight excluding hydrogens is 324 g/mol. The van der Waals surface area contributed by atoms with E-state index < -0.39 is 0 Å². The number of hydrogen-bond acceptors (Lipinski definition) is 6. The Morgan fingerprint density at radius 1 is 1.17 bits per heavy atom. The molecule has 124 valence electrons. The van der Waals surface area contributed by atoms with Crippen molar-refractivity contribution in [2.45, 2.75) is 13.8 Å². The number of amides is 1. The molecule has 0 bridgehead atoms. The van der Waals surface area contributed by atoms with Crippen LogP contribution in [0.15, 0.2) is 23.8 Å². The zero-order valence-electron chi connectivity index (χ0n) is 13.6. The van der Waals surface area contributed by atoms with Crippen molar-refractivity contribution in [3.05, 3.63) is 39.8 Å². The summed E-state index contributed by atoms with van der Waals surface area (Å²) in [4.78, 5) is 18.0. The van der Waals surface area contributed by atoms with Gasteiger partial charge in [-0.1, -0.05) is 0 Å². The average molecular weight is 342 g/mol. The Balaban J connectivity index is 1.46. The van der Waals surface area contributed by atoms with E-state index in [1.807, 2.05) is 29.3 Å². The maximum Gasteiger partial charge on any atom is 0.255 e. The second-order valence-electron chi connectivity index (χ2n) is 5.94. The number of rotatable bonds is 2. The fourth-order valence-corrected chi connectivity index (χ4v) is 3.78. The molecule has 0 unspecified atom stereocenters. The molecule has 1 aliphatic heterocycles. The van der Waals surface area contributed by atoms with E-state index in [-0.39, 0.29) is 5.91 Å². The van der Waals surface area contributed by atoms with Crippen molar-refractivity contribution in [2.24, 2.45) is 0 Å². The minimum atomic E-state index is 0.138. The molecule has 7 nitrogen and oxygen atoms in total. The van der Waals surface area contributed by atoms with E-state index in [0.29, 0.717) is 13.1 Å². The van der Waals surface area contributed by atoms with Gasteiger partial charge in [0.05, 0.1) is 5.56 Å². The van der Waals surface area contributed by atoms with Gasteiger partial charge in [-0.15, -0.1) is 26.6 Å². The largest absolute Gasteiger partial charge is 0.352 e. The van der Waals surface area contributed by atoms with E-state index in [1.165, 1.54) is 4.88 Å². The monoisotopic (exact) mass is 342 g/mol. The summed E-state index contributed by atoms with van der Waals surface area (Å²) in [6.07, 6.45) is 1.60. The van der Waals surface area contributed by atoms with Gasteiger partial charge in [-0.2, -0.15) is 4.52 Å².